The smallest absolute Gasteiger partial charge is 0.408 e. The summed E-state index contributed by atoms with van der Waals surface area (Å²) in [6, 6.07) is 3.56. The van der Waals surface area contributed by atoms with Crippen molar-refractivity contribution >= 4 is 23.9 Å². The molecule has 0 saturated heterocycles. The minimum absolute atomic E-state index is 0.0126. The molecular formula is C27H43N3O7. The van der Waals surface area contributed by atoms with E-state index in [1.165, 1.54) is 17.0 Å². The van der Waals surface area contributed by atoms with Crippen molar-refractivity contribution in [2.45, 2.75) is 92.0 Å². The van der Waals surface area contributed by atoms with E-state index in [4.69, 9.17) is 9.47 Å². The Morgan fingerprint density at radius 3 is 2.24 bits per heavy atom. The molecule has 10 nitrogen and oxygen atoms in total. The Morgan fingerprint density at radius 1 is 1.08 bits per heavy atom. The molecule has 0 aromatic heterocycles. The Balaban J connectivity index is 3.37. The summed E-state index contributed by atoms with van der Waals surface area (Å²) >= 11 is 0. The number of ether oxygens (including phenoxy) is 2. The number of carbonyl (C=O) groups is 4. The predicted molar refractivity (Wildman–Crippen MR) is 140 cm³/mol. The van der Waals surface area contributed by atoms with Gasteiger partial charge < -0.3 is 30.1 Å². The first-order valence-corrected chi connectivity index (χ1v) is 12.7. The summed E-state index contributed by atoms with van der Waals surface area (Å²) in [4.78, 5) is 53.1. The van der Waals surface area contributed by atoms with Crippen molar-refractivity contribution in [3.8, 4) is 5.75 Å². The molecule has 10 heteroatoms. The first-order valence-electron chi connectivity index (χ1n) is 12.7. The van der Waals surface area contributed by atoms with Crippen LogP contribution in [0, 0.1) is 5.92 Å². The molecule has 3 N–H and O–H groups in total. The molecule has 0 radical (unpaired) electrons. The molecule has 0 spiro atoms. The maximum atomic E-state index is 13.9. The van der Waals surface area contributed by atoms with Crippen LogP contribution in [0.15, 0.2) is 24.3 Å². The summed E-state index contributed by atoms with van der Waals surface area (Å²) in [5, 5.41) is 15.5. The van der Waals surface area contributed by atoms with Crippen LogP contribution in [0.3, 0.4) is 0 Å². The zero-order valence-corrected chi connectivity index (χ0v) is 23.3. The van der Waals surface area contributed by atoms with Gasteiger partial charge in [0.25, 0.3) is 0 Å². The Labute approximate surface area is 220 Å². The Morgan fingerprint density at radius 2 is 1.73 bits per heavy atom. The third-order valence-electron chi connectivity index (χ3n) is 5.15. The molecule has 37 heavy (non-hydrogen) atoms. The van der Waals surface area contributed by atoms with Crippen molar-refractivity contribution in [1.82, 2.24) is 15.5 Å². The van der Waals surface area contributed by atoms with Crippen LogP contribution in [-0.4, -0.2) is 64.7 Å². The monoisotopic (exact) mass is 521 g/mol. The average molecular weight is 522 g/mol. The lowest BCUT2D eigenvalue weighted by Gasteiger charge is -2.37. The van der Waals surface area contributed by atoms with E-state index in [1.54, 1.807) is 53.7 Å². The molecule has 3 amide bonds. The third kappa shape index (κ3) is 11.1. The fourth-order valence-corrected chi connectivity index (χ4v) is 3.75. The van der Waals surface area contributed by atoms with Gasteiger partial charge in [-0.15, -0.1) is 0 Å². The van der Waals surface area contributed by atoms with E-state index in [2.05, 4.69) is 10.6 Å². The summed E-state index contributed by atoms with van der Waals surface area (Å²) < 4.78 is 10.3. The van der Waals surface area contributed by atoms with E-state index in [1.807, 2.05) is 13.8 Å². The molecule has 1 aromatic rings. The van der Waals surface area contributed by atoms with Gasteiger partial charge in [0, 0.05) is 12.6 Å². The molecule has 1 rings (SSSR count). The number of benzene rings is 1. The zero-order valence-electron chi connectivity index (χ0n) is 23.3. The highest BCUT2D eigenvalue weighted by atomic mass is 16.6. The van der Waals surface area contributed by atoms with Gasteiger partial charge in [-0.05, 0) is 71.6 Å². The van der Waals surface area contributed by atoms with Crippen LogP contribution in [-0.2, 0) is 23.9 Å². The molecule has 2 atom stereocenters. The normalized spacial score (nSPS) is 13.0. The molecule has 0 heterocycles. The third-order valence-corrected chi connectivity index (χ3v) is 5.15. The van der Waals surface area contributed by atoms with Crippen molar-refractivity contribution in [1.29, 1.82) is 0 Å². The number of nitrogens with zero attached hydrogens (tertiary/aromatic N) is 1. The average Bonchev–Trinajstić information content (AvgIpc) is 2.74. The van der Waals surface area contributed by atoms with Crippen molar-refractivity contribution in [2.75, 3.05) is 13.2 Å². The fourth-order valence-electron chi connectivity index (χ4n) is 3.75. The fraction of sp³-hybridized carbons (Fsp3) is 0.630. The van der Waals surface area contributed by atoms with Crippen molar-refractivity contribution in [2.24, 2.45) is 5.92 Å². The largest absolute Gasteiger partial charge is 0.508 e. The van der Waals surface area contributed by atoms with E-state index in [9.17, 15) is 24.3 Å². The first-order chi connectivity index (χ1) is 17.2. The van der Waals surface area contributed by atoms with E-state index in [0.29, 0.717) is 12.0 Å². The van der Waals surface area contributed by atoms with Crippen LogP contribution in [0.2, 0.25) is 0 Å². The second-order valence-electron chi connectivity index (χ2n) is 10.5. The first kappa shape index (κ1) is 31.7. The van der Waals surface area contributed by atoms with Crippen molar-refractivity contribution in [3.05, 3.63) is 29.8 Å². The van der Waals surface area contributed by atoms with Gasteiger partial charge in [-0.3, -0.25) is 14.4 Å². The van der Waals surface area contributed by atoms with Gasteiger partial charge >= 0.3 is 12.1 Å². The van der Waals surface area contributed by atoms with Gasteiger partial charge in [0.05, 0.1) is 13.0 Å². The molecule has 208 valence electrons. The van der Waals surface area contributed by atoms with Gasteiger partial charge in [-0.1, -0.05) is 26.0 Å². The van der Waals surface area contributed by atoms with Crippen LogP contribution in [0.4, 0.5) is 4.79 Å². The Kier molecular flexibility index (Phi) is 12.4. The Hall–Kier alpha value is -3.30. The number of alkyl carbamates (subject to hydrolysis) is 1. The van der Waals surface area contributed by atoms with Crippen LogP contribution >= 0.6 is 0 Å². The minimum Gasteiger partial charge on any atom is -0.508 e. The molecule has 0 aliphatic rings. The molecule has 0 aliphatic heterocycles. The highest BCUT2D eigenvalue weighted by molar-refractivity contribution is 5.92. The number of phenolic OH excluding ortho intramolecular Hbond substituents is 1. The molecule has 1 aromatic carbocycles. The van der Waals surface area contributed by atoms with Gasteiger partial charge in [-0.25, -0.2) is 4.79 Å². The second kappa shape index (κ2) is 14.4. The van der Waals surface area contributed by atoms with E-state index in [0.717, 1.165) is 0 Å². The number of aromatic hydroxyl groups is 1. The number of hydrogen-bond acceptors (Lipinski definition) is 7. The number of nitrogens with one attached hydrogen (secondary N) is 2. The summed E-state index contributed by atoms with van der Waals surface area (Å²) in [5.74, 6) is -1.47. The lowest BCUT2D eigenvalue weighted by molar-refractivity contribution is -0.145. The van der Waals surface area contributed by atoms with Crippen molar-refractivity contribution in [3.63, 3.8) is 0 Å². The minimum atomic E-state index is -1.13. The molecule has 0 aliphatic carbocycles. The van der Waals surface area contributed by atoms with Gasteiger partial charge in [0.1, 0.15) is 23.4 Å². The SMILES string of the molecule is CCOC(=O)CCNC(=O)C(c1cccc(O)c1)N(C(=O)C(CC(C)C)NC(=O)OC(C)(C)C)C(C)C. The predicted octanol–water partition coefficient (Wildman–Crippen LogP) is 3.68. The lowest BCUT2D eigenvalue weighted by Crippen LogP contribution is -2.55. The van der Waals surface area contributed by atoms with E-state index in [-0.39, 0.29) is 31.2 Å². The maximum absolute atomic E-state index is 13.9. The van der Waals surface area contributed by atoms with E-state index < -0.39 is 47.6 Å². The molecular weight excluding hydrogens is 478 g/mol. The maximum Gasteiger partial charge on any atom is 0.408 e. The number of hydrogen-bond donors (Lipinski definition) is 3. The highest BCUT2D eigenvalue weighted by Gasteiger charge is 2.38. The Bertz CT molecular complexity index is 925. The summed E-state index contributed by atoms with van der Waals surface area (Å²) in [7, 11) is 0. The molecule has 2 unspecified atom stereocenters. The lowest BCUT2D eigenvalue weighted by atomic mass is 9.97. The van der Waals surface area contributed by atoms with Crippen LogP contribution in [0.1, 0.15) is 79.8 Å². The number of amides is 3. The van der Waals surface area contributed by atoms with Crippen molar-refractivity contribution < 1.29 is 33.8 Å². The summed E-state index contributed by atoms with van der Waals surface area (Å²) in [6.45, 7) is 14.5. The van der Waals surface area contributed by atoms with E-state index >= 15 is 0 Å². The van der Waals surface area contributed by atoms with Gasteiger partial charge in [-0.2, -0.15) is 0 Å². The zero-order chi connectivity index (χ0) is 28.3. The number of rotatable bonds is 12. The van der Waals surface area contributed by atoms with Gasteiger partial charge in [0.2, 0.25) is 11.8 Å². The second-order valence-corrected chi connectivity index (χ2v) is 10.5. The van der Waals surface area contributed by atoms with Gasteiger partial charge in [0.15, 0.2) is 0 Å². The summed E-state index contributed by atoms with van der Waals surface area (Å²) in [6.07, 6.45) is -0.445. The number of phenols is 1. The quantitative estimate of drug-likeness (QED) is 0.357. The summed E-state index contributed by atoms with van der Waals surface area (Å²) in [5.41, 5.74) is -0.368. The topological polar surface area (TPSA) is 134 Å². The van der Waals surface area contributed by atoms with Crippen LogP contribution in [0.25, 0.3) is 0 Å². The van der Waals surface area contributed by atoms with Crippen LogP contribution in [0.5, 0.6) is 5.75 Å². The van der Waals surface area contributed by atoms with Crippen LogP contribution < -0.4 is 10.6 Å². The number of esters is 1. The molecule has 0 fully saturated rings. The number of carbonyl (C=O) groups excluding carboxylic acids is 4. The standard InChI is InChI=1S/C27H43N3O7/c1-9-36-22(32)13-14-28-24(33)23(19-11-10-12-20(31)16-19)30(18(4)5)25(34)21(15-17(2)3)29-26(35)37-27(6,7)8/h10-12,16-18,21,23,31H,9,13-15H2,1-8H3,(H,28,33)(H,29,35). The molecule has 0 saturated carbocycles. The highest BCUT2D eigenvalue weighted by Crippen LogP contribution is 2.28. The molecule has 0 bridgehead atoms.